The highest BCUT2D eigenvalue weighted by Crippen LogP contribution is 2.30. The summed E-state index contributed by atoms with van der Waals surface area (Å²) in [6, 6.07) is 5.84. The van der Waals surface area contributed by atoms with Gasteiger partial charge in [-0.15, -0.1) is 21.8 Å². The van der Waals surface area contributed by atoms with Crippen LogP contribution >= 0.6 is 11.6 Å². The molecule has 0 spiro atoms. The number of rotatable bonds is 4. The van der Waals surface area contributed by atoms with E-state index in [0.717, 1.165) is 28.4 Å². The molecule has 1 unspecified atom stereocenters. The minimum absolute atomic E-state index is 0.213. The van der Waals surface area contributed by atoms with Crippen molar-refractivity contribution in [2.75, 3.05) is 7.11 Å². The van der Waals surface area contributed by atoms with Gasteiger partial charge in [-0.25, -0.2) is 4.98 Å². The van der Waals surface area contributed by atoms with Crippen LogP contribution in [0, 0.1) is 0 Å². The molecule has 0 aliphatic rings. The fourth-order valence-corrected chi connectivity index (χ4v) is 2.53. The van der Waals surface area contributed by atoms with Crippen LogP contribution in [-0.4, -0.2) is 31.4 Å². The second-order valence-corrected chi connectivity index (χ2v) is 5.51. The highest BCUT2D eigenvalue weighted by atomic mass is 35.5. The van der Waals surface area contributed by atoms with Gasteiger partial charge in [-0.05, 0) is 19.1 Å². The number of hydrogen-bond acceptors (Lipinski definition) is 4. The van der Waals surface area contributed by atoms with Crippen molar-refractivity contribution in [1.82, 2.24) is 24.3 Å². The zero-order valence-electron chi connectivity index (χ0n) is 12.1. The van der Waals surface area contributed by atoms with Gasteiger partial charge in [0.1, 0.15) is 23.4 Å². The second kappa shape index (κ2) is 5.37. The van der Waals surface area contributed by atoms with Crippen molar-refractivity contribution in [2.45, 2.75) is 18.8 Å². The van der Waals surface area contributed by atoms with E-state index in [-0.39, 0.29) is 5.38 Å². The number of alkyl halides is 1. The molecule has 1 aromatic carbocycles. The summed E-state index contributed by atoms with van der Waals surface area (Å²) in [5, 5.41) is 7.83. The maximum atomic E-state index is 6.29. The topological polar surface area (TPSA) is 57.8 Å². The molecule has 0 saturated carbocycles. The average Bonchev–Trinajstić information content (AvgIpc) is 3.04. The summed E-state index contributed by atoms with van der Waals surface area (Å²) in [6.07, 6.45) is 1.68. The molecule has 0 aliphatic heterocycles. The number of hydrogen-bond donors (Lipinski definition) is 0. The van der Waals surface area contributed by atoms with Gasteiger partial charge in [0.2, 0.25) is 0 Å². The first-order valence-electron chi connectivity index (χ1n) is 6.62. The fraction of sp³-hybridized carbons (Fsp3) is 0.357. The van der Waals surface area contributed by atoms with Crippen molar-refractivity contribution in [3.63, 3.8) is 0 Å². The molecule has 3 rings (SSSR count). The third-order valence-electron chi connectivity index (χ3n) is 3.45. The van der Waals surface area contributed by atoms with Gasteiger partial charge in [0.15, 0.2) is 5.82 Å². The van der Waals surface area contributed by atoms with Crippen LogP contribution < -0.4 is 4.74 Å². The summed E-state index contributed by atoms with van der Waals surface area (Å²) in [4.78, 5) is 4.64. The molecule has 2 heterocycles. The standard InChI is InChI=1S/C14H16ClN5O/c1-9(15)14-17-13-10(5-4-6-11(13)21-3)20(14)7-12-18-16-8-19(12)2/h4-6,8-9H,7H2,1-3H3. The molecular weight excluding hydrogens is 290 g/mol. The summed E-state index contributed by atoms with van der Waals surface area (Å²) in [5.41, 5.74) is 1.78. The van der Waals surface area contributed by atoms with Crippen LogP contribution in [0.25, 0.3) is 11.0 Å². The van der Waals surface area contributed by atoms with Crippen LogP contribution in [0.5, 0.6) is 5.75 Å². The first-order valence-corrected chi connectivity index (χ1v) is 7.05. The molecule has 0 N–H and O–H groups in total. The van der Waals surface area contributed by atoms with Crippen LogP contribution in [-0.2, 0) is 13.6 Å². The van der Waals surface area contributed by atoms with E-state index in [1.165, 1.54) is 0 Å². The van der Waals surface area contributed by atoms with Gasteiger partial charge in [0.05, 0.1) is 24.5 Å². The number of nitrogens with zero attached hydrogens (tertiary/aromatic N) is 5. The minimum Gasteiger partial charge on any atom is -0.494 e. The van der Waals surface area contributed by atoms with Crippen LogP contribution in [0.2, 0.25) is 0 Å². The van der Waals surface area contributed by atoms with E-state index < -0.39 is 0 Å². The van der Waals surface area contributed by atoms with Crippen LogP contribution in [0.4, 0.5) is 0 Å². The van der Waals surface area contributed by atoms with Gasteiger partial charge in [-0.3, -0.25) is 0 Å². The molecule has 0 radical (unpaired) electrons. The largest absolute Gasteiger partial charge is 0.494 e. The lowest BCUT2D eigenvalue weighted by Crippen LogP contribution is -2.09. The van der Waals surface area contributed by atoms with Crippen molar-refractivity contribution < 1.29 is 4.74 Å². The Balaban J connectivity index is 2.19. The first kappa shape index (κ1) is 13.9. The number of benzene rings is 1. The maximum Gasteiger partial charge on any atom is 0.152 e. The van der Waals surface area contributed by atoms with E-state index in [1.54, 1.807) is 13.4 Å². The zero-order chi connectivity index (χ0) is 15.0. The first-order chi connectivity index (χ1) is 10.1. The number of para-hydroxylation sites is 1. The van der Waals surface area contributed by atoms with Gasteiger partial charge in [0.25, 0.3) is 0 Å². The second-order valence-electron chi connectivity index (χ2n) is 4.86. The van der Waals surface area contributed by atoms with Gasteiger partial charge in [-0.2, -0.15) is 0 Å². The third-order valence-corrected chi connectivity index (χ3v) is 3.65. The zero-order valence-corrected chi connectivity index (χ0v) is 12.9. The molecule has 2 aromatic heterocycles. The Morgan fingerprint density at radius 3 is 2.81 bits per heavy atom. The monoisotopic (exact) mass is 305 g/mol. The molecule has 0 amide bonds. The SMILES string of the molecule is COc1cccc2c1nc(C(C)Cl)n2Cc1nncn1C. The Morgan fingerprint density at radius 1 is 1.38 bits per heavy atom. The van der Waals surface area contributed by atoms with Crippen molar-refractivity contribution in [3.8, 4) is 5.75 Å². The molecule has 21 heavy (non-hydrogen) atoms. The van der Waals surface area contributed by atoms with E-state index in [0.29, 0.717) is 6.54 Å². The Bertz CT molecular complexity index is 777. The van der Waals surface area contributed by atoms with Crippen LogP contribution in [0.3, 0.4) is 0 Å². The highest BCUT2D eigenvalue weighted by molar-refractivity contribution is 6.20. The predicted molar refractivity (Wildman–Crippen MR) is 80.7 cm³/mol. The summed E-state index contributed by atoms with van der Waals surface area (Å²) in [7, 11) is 3.55. The Hall–Kier alpha value is -2.08. The number of aromatic nitrogens is 5. The van der Waals surface area contributed by atoms with Gasteiger partial charge in [-0.1, -0.05) is 6.07 Å². The number of fused-ring (bicyclic) bond motifs is 1. The third kappa shape index (κ3) is 2.35. The normalized spacial score (nSPS) is 12.8. The van der Waals surface area contributed by atoms with Gasteiger partial charge in [0, 0.05) is 7.05 Å². The molecule has 0 saturated heterocycles. The average molecular weight is 306 g/mol. The number of methoxy groups -OCH3 is 1. The van der Waals surface area contributed by atoms with E-state index in [1.807, 2.05) is 36.7 Å². The predicted octanol–water partition coefficient (Wildman–Crippen LogP) is 2.52. The molecular formula is C14H16ClN5O. The van der Waals surface area contributed by atoms with Crippen molar-refractivity contribution in [2.24, 2.45) is 7.05 Å². The quantitative estimate of drug-likeness (QED) is 0.695. The maximum absolute atomic E-state index is 6.29. The molecule has 1 atom stereocenters. The summed E-state index contributed by atoms with van der Waals surface area (Å²) in [5.74, 6) is 2.37. The molecule has 0 bridgehead atoms. The number of ether oxygens (including phenoxy) is 1. The smallest absolute Gasteiger partial charge is 0.152 e. The lowest BCUT2D eigenvalue weighted by molar-refractivity contribution is 0.419. The van der Waals surface area contributed by atoms with Crippen LogP contribution in [0.1, 0.15) is 23.9 Å². The summed E-state index contributed by atoms with van der Waals surface area (Å²) < 4.78 is 9.32. The van der Waals surface area contributed by atoms with Crippen molar-refractivity contribution in [3.05, 3.63) is 36.2 Å². The van der Waals surface area contributed by atoms with Gasteiger partial charge < -0.3 is 13.9 Å². The molecule has 6 nitrogen and oxygen atoms in total. The van der Waals surface area contributed by atoms with Gasteiger partial charge >= 0.3 is 0 Å². The lowest BCUT2D eigenvalue weighted by atomic mass is 10.3. The van der Waals surface area contributed by atoms with E-state index >= 15 is 0 Å². The Morgan fingerprint density at radius 2 is 2.19 bits per heavy atom. The summed E-state index contributed by atoms with van der Waals surface area (Å²) >= 11 is 6.29. The Labute approximate surface area is 127 Å². The van der Waals surface area contributed by atoms with E-state index in [2.05, 4.69) is 19.7 Å². The molecule has 110 valence electrons. The lowest BCUT2D eigenvalue weighted by Gasteiger charge is -2.10. The molecule has 3 aromatic rings. The summed E-state index contributed by atoms with van der Waals surface area (Å²) in [6.45, 7) is 2.47. The Kier molecular flexibility index (Phi) is 3.55. The van der Waals surface area contributed by atoms with E-state index in [4.69, 9.17) is 16.3 Å². The highest BCUT2D eigenvalue weighted by Gasteiger charge is 2.18. The number of imidazole rings is 1. The fourth-order valence-electron chi connectivity index (χ4n) is 2.37. The van der Waals surface area contributed by atoms with E-state index in [9.17, 15) is 0 Å². The van der Waals surface area contributed by atoms with Crippen LogP contribution in [0.15, 0.2) is 24.5 Å². The number of aryl methyl sites for hydroxylation is 1. The molecule has 7 heteroatoms. The number of halogens is 1. The molecule has 0 aliphatic carbocycles. The minimum atomic E-state index is -0.213. The van der Waals surface area contributed by atoms with Crippen molar-refractivity contribution in [1.29, 1.82) is 0 Å². The molecule has 0 fully saturated rings. The van der Waals surface area contributed by atoms with Crippen molar-refractivity contribution >= 4 is 22.6 Å².